The van der Waals surface area contributed by atoms with Crippen molar-refractivity contribution in [2.45, 2.75) is 6.61 Å². The van der Waals surface area contributed by atoms with Crippen molar-refractivity contribution in [3.05, 3.63) is 41.9 Å². The number of nitrogens with one attached hydrogen (secondary N) is 2. The number of para-hydroxylation sites is 1. The molecule has 2 aromatic rings. The van der Waals surface area contributed by atoms with Crippen LogP contribution < -0.4 is 5.32 Å². The molecule has 3 N–H and O–H groups in total. The summed E-state index contributed by atoms with van der Waals surface area (Å²) in [5.41, 5.74) is 1.70. The minimum Gasteiger partial charge on any atom is -0.392 e. The molecule has 0 saturated carbocycles. The van der Waals surface area contributed by atoms with Crippen LogP contribution in [0.3, 0.4) is 0 Å². The molecule has 0 aliphatic carbocycles. The molecule has 0 atom stereocenters. The molecule has 0 aliphatic heterocycles. The van der Waals surface area contributed by atoms with E-state index in [1.165, 1.54) is 6.20 Å². The molecule has 2 rings (SSSR count). The van der Waals surface area contributed by atoms with Crippen LogP contribution in [-0.2, 0) is 6.61 Å². The largest absolute Gasteiger partial charge is 0.392 e. The molecule has 0 amide bonds. The number of H-pyrrole nitrogens is 1. The second kappa shape index (κ2) is 5.56. The monoisotopic (exact) mass is 242 g/mol. The highest BCUT2D eigenvalue weighted by Gasteiger charge is 2.06. The van der Waals surface area contributed by atoms with Crippen molar-refractivity contribution in [3.63, 3.8) is 0 Å². The zero-order valence-corrected chi connectivity index (χ0v) is 9.33. The number of benzene rings is 1. The maximum atomic E-state index is 9.16. The average Bonchev–Trinajstić information content (AvgIpc) is 2.94. The molecule has 0 unspecified atom stereocenters. The van der Waals surface area contributed by atoms with Crippen molar-refractivity contribution < 1.29 is 5.11 Å². The van der Waals surface area contributed by atoms with E-state index >= 15 is 0 Å². The van der Waals surface area contributed by atoms with Gasteiger partial charge in [0.2, 0.25) is 5.82 Å². The molecule has 0 bridgehead atoms. The molecule has 0 aliphatic rings. The summed E-state index contributed by atoms with van der Waals surface area (Å²) in [6.07, 6.45) is 1.47. The maximum Gasteiger partial charge on any atom is 0.216 e. The lowest BCUT2D eigenvalue weighted by Crippen LogP contribution is -1.96. The van der Waals surface area contributed by atoms with Gasteiger partial charge in [-0.1, -0.05) is 18.2 Å². The Hall–Kier alpha value is -2.72. The quantitative estimate of drug-likeness (QED) is 0.679. The first kappa shape index (κ1) is 11.8. The SMILES string of the molecule is N#CC(=CNc1ccccc1CO)c1nn[nH]n1. The fraction of sp³-hybridized carbons (Fsp3) is 0.0909. The Bertz CT molecular complexity index is 584. The van der Waals surface area contributed by atoms with Crippen molar-refractivity contribution in [3.8, 4) is 6.07 Å². The van der Waals surface area contributed by atoms with Gasteiger partial charge in [0.1, 0.15) is 11.6 Å². The van der Waals surface area contributed by atoms with Crippen molar-refractivity contribution >= 4 is 11.3 Å². The number of allylic oxidation sites excluding steroid dienone is 1. The van der Waals surface area contributed by atoms with E-state index in [4.69, 9.17) is 10.4 Å². The maximum absolute atomic E-state index is 9.16. The number of tetrazole rings is 1. The van der Waals surface area contributed by atoms with E-state index < -0.39 is 0 Å². The summed E-state index contributed by atoms with van der Waals surface area (Å²) in [4.78, 5) is 0. The number of aliphatic hydroxyl groups excluding tert-OH is 1. The lowest BCUT2D eigenvalue weighted by molar-refractivity contribution is 0.282. The van der Waals surface area contributed by atoms with Gasteiger partial charge in [0.05, 0.1) is 6.61 Å². The van der Waals surface area contributed by atoms with Gasteiger partial charge in [-0.05, 0) is 11.3 Å². The number of nitriles is 1. The molecular formula is C11H10N6O. The summed E-state index contributed by atoms with van der Waals surface area (Å²) in [5.74, 6) is 0.214. The minimum atomic E-state index is -0.0822. The van der Waals surface area contributed by atoms with Crippen LogP contribution in [0.4, 0.5) is 5.69 Å². The molecule has 90 valence electrons. The average molecular weight is 242 g/mol. The van der Waals surface area contributed by atoms with Gasteiger partial charge in [0.15, 0.2) is 0 Å². The molecule has 7 nitrogen and oxygen atoms in total. The first-order chi connectivity index (χ1) is 8.85. The fourth-order valence-corrected chi connectivity index (χ4v) is 1.37. The molecular weight excluding hydrogens is 232 g/mol. The number of anilines is 1. The molecule has 0 spiro atoms. The van der Waals surface area contributed by atoms with Gasteiger partial charge in [-0.15, -0.1) is 10.2 Å². The van der Waals surface area contributed by atoms with Crippen LogP contribution in [-0.4, -0.2) is 25.7 Å². The van der Waals surface area contributed by atoms with Gasteiger partial charge < -0.3 is 10.4 Å². The van der Waals surface area contributed by atoms with Crippen LogP contribution in [0, 0.1) is 11.3 Å². The van der Waals surface area contributed by atoms with Crippen molar-refractivity contribution in [1.29, 1.82) is 5.26 Å². The fourth-order valence-electron chi connectivity index (χ4n) is 1.37. The molecule has 1 aromatic heterocycles. The molecule has 0 saturated heterocycles. The molecule has 0 radical (unpaired) electrons. The van der Waals surface area contributed by atoms with Crippen molar-refractivity contribution in [2.75, 3.05) is 5.32 Å². The first-order valence-corrected chi connectivity index (χ1v) is 5.14. The zero-order valence-electron chi connectivity index (χ0n) is 9.33. The van der Waals surface area contributed by atoms with Crippen LogP contribution in [0.5, 0.6) is 0 Å². The van der Waals surface area contributed by atoms with E-state index in [1.807, 2.05) is 18.2 Å². The number of aliphatic hydroxyl groups is 1. The summed E-state index contributed by atoms with van der Waals surface area (Å²) in [7, 11) is 0. The van der Waals surface area contributed by atoms with E-state index in [2.05, 4.69) is 25.9 Å². The highest BCUT2D eigenvalue weighted by Crippen LogP contribution is 2.16. The predicted molar refractivity (Wildman–Crippen MR) is 63.8 cm³/mol. The first-order valence-electron chi connectivity index (χ1n) is 5.14. The molecule has 0 fully saturated rings. The minimum absolute atomic E-state index is 0.0822. The third kappa shape index (κ3) is 2.50. The van der Waals surface area contributed by atoms with Gasteiger partial charge >= 0.3 is 0 Å². The van der Waals surface area contributed by atoms with Gasteiger partial charge in [-0.25, -0.2) is 0 Å². The normalized spacial score (nSPS) is 11.0. The van der Waals surface area contributed by atoms with E-state index in [0.29, 0.717) is 0 Å². The van der Waals surface area contributed by atoms with E-state index in [1.54, 1.807) is 12.1 Å². The van der Waals surface area contributed by atoms with Gasteiger partial charge in [-0.2, -0.15) is 10.5 Å². The molecule has 18 heavy (non-hydrogen) atoms. The Labute approximate surface area is 103 Å². The van der Waals surface area contributed by atoms with E-state index in [0.717, 1.165) is 11.3 Å². The lowest BCUT2D eigenvalue weighted by Gasteiger charge is -2.06. The Balaban J connectivity index is 2.22. The van der Waals surface area contributed by atoms with Crippen LogP contribution >= 0.6 is 0 Å². The number of rotatable bonds is 4. The summed E-state index contributed by atoms with van der Waals surface area (Å²) >= 11 is 0. The topological polar surface area (TPSA) is 111 Å². The number of nitrogens with zero attached hydrogens (tertiary/aromatic N) is 4. The van der Waals surface area contributed by atoms with Crippen molar-refractivity contribution in [1.82, 2.24) is 20.6 Å². The molecule has 7 heteroatoms. The standard InChI is InChI=1S/C11H10N6O/c12-5-9(11-14-16-17-15-11)6-13-10-4-2-1-3-8(10)7-18/h1-4,6,13,18H,7H2,(H,14,15,16,17). The number of aromatic nitrogens is 4. The van der Waals surface area contributed by atoms with Crippen LogP contribution in [0.25, 0.3) is 5.57 Å². The third-order valence-corrected chi connectivity index (χ3v) is 2.27. The van der Waals surface area contributed by atoms with Crippen molar-refractivity contribution in [2.24, 2.45) is 0 Å². The van der Waals surface area contributed by atoms with Crippen LogP contribution in [0.1, 0.15) is 11.4 Å². The summed E-state index contributed by atoms with van der Waals surface area (Å²) < 4.78 is 0. The van der Waals surface area contributed by atoms with Gasteiger partial charge in [-0.3, -0.25) is 0 Å². The highest BCUT2D eigenvalue weighted by atomic mass is 16.3. The Kier molecular flexibility index (Phi) is 3.63. The summed E-state index contributed by atoms with van der Waals surface area (Å²) in [6, 6.07) is 9.20. The second-order valence-electron chi connectivity index (χ2n) is 3.36. The molecule has 1 heterocycles. The van der Waals surface area contributed by atoms with Crippen LogP contribution in [0.2, 0.25) is 0 Å². The van der Waals surface area contributed by atoms with E-state index in [-0.39, 0.29) is 18.0 Å². The molecule has 1 aromatic carbocycles. The van der Waals surface area contributed by atoms with Crippen LogP contribution in [0.15, 0.2) is 30.5 Å². The predicted octanol–water partition coefficient (Wildman–Crippen LogP) is 0.669. The summed E-state index contributed by atoms with van der Waals surface area (Å²) in [5, 5.41) is 34.2. The Morgan fingerprint density at radius 3 is 3.00 bits per heavy atom. The lowest BCUT2D eigenvalue weighted by atomic mass is 10.2. The second-order valence-corrected chi connectivity index (χ2v) is 3.36. The van der Waals surface area contributed by atoms with E-state index in [9.17, 15) is 0 Å². The zero-order chi connectivity index (χ0) is 12.8. The van der Waals surface area contributed by atoms with Gasteiger partial charge in [0, 0.05) is 17.5 Å². The Morgan fingerprint density at radius 1 is 1.50 bits per heavy atom. The smallest absolute Gasteiger partial charge is 0.216 e. The highest BCUT2D eigenvalue weighted by molar-refractivity contribution is 5.74. The van der Waals surface area contributed by atoms with Gasteiger partial charge in [0.25, 0.3) is 0 Å². The summed E-state index contributed by atoms with van der Waals surface area (Å²) in [6.45, 7) is -0.0822. The number of hydrogen-bond acceptors (Lipinski definition) is 6. The number of hydrogen-bond donors (Lipinski definition) is 3. The Morgan fingerprint density at radius 2 is 2.33 bits per heavy atom. The third-order valence-electron chi connectivity index (χ3n) is 2.27. The number of aromatic amines is 1.